The van der Waals surface area contributed by atoms with Gasteiger partial charge in [-0.25, -0.2) is 0 Å². The molecule has 90 valence electrons. The van der Waals surface area contributed by atoms with E-state index in [1.54, 1.807) is 19.4 Å². The van der Waals surface area contributed by atoms with Crippen LogP contribution in [-0.4, -0.2) is 23.1 Å². The van der Waals surface area contributed by atoms with E-state index in [4.69, 9.17) is 4.74 Å². The second-order valence-corrected chi connectivity index (χ2v) is 4.01. The summed E-state index contributed by atoms with van der Waals surface area (Å²) in [6.45, 7) is 0. The predicted octanol–water partition coefficient (Wildman–Crippen LogP) is 2.57. The number of ether oxygens (including phenoxy) is 1. The van der Waals surface area contributed by atoms with Crippen LogP contribution < -0.4 is 0 Å². The van der Waals surface area contributed by atoms with Crippen LogP contribution in [0.25, 0.3) is 5.57 Å². The molecule has 5 nitrogen and oxygen atoms in total. The van der Waals surface area contributed by atoms with Crippen molar-refractivity contribution in [3.8, 4) is 0 Å². The van der Waals surface area contributed by atoms with Crippen molar-refractivity contribution >= 4 is 11.3 Å². The molecule has 0 aromatic carbocycles. The molecule has 0 spiro atoms. The third-order valence-electron chi connectivity index (χ3n) is 3.04. The van der Waals surface area contributed by atoms with Gasteiger partial charge in [0.2, 0.25) is 0 Å². The number of allylic oxidation sites excluding steroid dienone is 1. The molecule has 0 amide bonds. The van der Waals surface area contributed by atoms with Crippen molar-refractivity contribution in [1.82, 2.24) is 4.98 Å². The van der Waals surface area contributed by atoms with E-state index in [1.807, 2.05) is 6.08 Å². The Hall–Kier alpha value is -1.75. The van der Waals surface area contributed by atoms with E-state index in [9.17, 15) is 10.1 Å². The third-order valence-corrected chi connectivity index (χ3v) is 3.04. The van der Waals surface area contributed by atoms with Gasteiger partial charge in [-0.05, 0) is 30.9 Å². The van der Waals surface area contributed by atoms with Crippen LogP contribution in [-0.2, 0) is 4.74 Å². The van der Waals surface area contributed by atoms with E-state index in [0.29, 0.717) is 5.56 Å². The van der Waals surface area contributed by atoms with Gasteiger partial charge >= 0.3 is 0 Å². The van der Waals surface area contributed by atoms with E-state index in [0.717, 1.165) is 24.8 Å². The van der Waals surface area contributed by atoms with Crippen molar-refractivity contribution in [3.05, 3.63) is 40.2 Å². The number of nitrogens with zero attached hydrogens (tertiary/aromatic N) is 2. The number of hydrogen-bond donors (Lipinski definition) is 0. The average Bonchev–Trinajstić information content (AvgIpc) is 2.39. The van der Waals surface area contributed by atoms with Gasteiger partial charge in [-0.1, -0.05) is 6.08 Å². The molecule has 0 saturated carbocycles. The van der Waals surface area contributed by atoms with Crippen molar-refractivity contribution in [2.75, 3.05) is 7.11 Å². The van der Waals surface area contributed by atoms with Crippen molar-refractivity contribution in [1.29, 1.82) is 0 Å². The largest absolute Gasteiger partial charge is 0.381 e. The molecule has 1 aliphatic rings. The van der Waals surface area contributed by atoms with Gasteiger partial charge in [0.25, 0.3) is 5.69 Å². The SMILES string of the molecule is COC1CC=C(c2ccncc2[N+](=O)[O-])CC1. The molecule has 1 unspecified atom stereocenters. The molecule has 17 heavy (non-hydrogen) atoms. The van der Waals surface area contributed by atoms with Crippen LogP contribution in [0, 0.1) is 10.1 Å². The van der Waals surface area contributed by atoms with Crippen molar-refractivity contribution in [3.63, 3.8) is 0 Å². The minimum atomic E-state index is -0.383. The lowest BCUT2D eigenvalue weighted by molar-refractivity contribution is -0.385. The maximum absolute atomic E-state index is 10.9. The molecule has 1 atom stereocenters. The molecule has 0 fully saturated rings. The number of pyridine rings is 1. The number of rotatable bonds is 3. The van der Waals surface area contributed by atoms with Crippen LogP contribution >= 0.6 is 0 Å². The van der Waals surface area contributed by atoms with Crippen LogP contribution in [0.4, 0.5) is 5.69 Å². The molecule has 1 heterocycles. The highest BCUT2D eigenvalue weighted by molar-refractivity contribution is 5.72. The fraction of sp³-hybridized carbons (Fsp3) is 0.417. The van der Waals surface area contributed by atoms with Gasteiger partial charge < -0.3 is 4.74 Å². The first-order valence-corrected chi connectivity index (χ1v) is 5.53. The predicted molar refractivity (Wildman–Crippen MR) is 63.5 cm³/mol. The van der Waals surface area contributed by atoms with Crippen molar-refractivity contribution in [2.45, 2.75) is 25.4 Å². The Kier molecular flexibility index (Phi) is 3.49. The minimum Gasteiger partial charge on any atom is -0.381 e. The van der Waals surface area contributed by atoms with Crippen molar-refractivity contribution in [2.24, 2.45) is 0 Å². The van der Waals surface area contributed by atoms with E-state index >= 15 is 0 Å². The first-order chi connectivity index (χ1) is 8.22. The molecule has 1 aromatic heterocycles. The van der Waals surface area contributed by atoms with E-state index in [1.165, 1.54) is 6.20 Å². The second-order valence-electron chi connectivity index (χ2n) is 4.01. The monoisotopic (exact) mass is 234 g/mol. The minimum absolute atomic E-state index is 0.0783. The van der Waals surface area contributed by atoms with Crippen LogP contribution in [0.1, 0.15) is 24.8 Å². The van der Waals surface area contributed by atoms with Crippen LogP contribution in [0.2, 0.25) is 0 Å². The zero-order valence-electron chi connectivity index (χ0n) is 9.63. The van der Waals surface area contributed by atoms with E-state index in [2.05, 4.69) is 4.98 Å². The molecular weight excluding hydrogens is 220 g/mol. The first-order valence-electron chi connectivity index (χ1n) is 5.53. The number of methoxy groups -OCH3 is 1. The molecule has 1 aromatic rings. The Morgan fingerprint density at radius 1 is 1.59 bits per heavy atom. The summed E-state index contributed by atoms with van der Waals surface area (Å²) in [6.07, 6.45) is 7.68. The Labute approximate surface area is 99.3 Å². The lowest BCUT2D eigenvalue weighted by Gasteiger charge is -2.20. The molecule has 0 aliphatic heterocycles. The molecule has 0 radical (unpaired) electrons. The highest BCUT2D eigenvalue weighted by Crippen LogP contribution is 2.32. The molecule has 0 N–H and O–H groups in total. The van der Waals surface area contributed by atoms with Crippen LogP contribution in [0.15, 0.2) is 24.5 Å². The third kappa shape index (κ3) is 2.50. The van der Waals surface area contributed by atoms with Gasteiger partial charge in [0, 0.05) is 13.3 Å². The summed E-state index contributed by atoms with van der Waals surface area (Å²) in [5.74, 6) is 0. The summed E-state index contributed by atoms with van der Waals surface area (Å²) >= 11 is 0. The summed E-state index contributed by atoms with van der Waals surface area (Å²) in [7, 11) is 1.69. The molecule has 0 bridgehead atoms. The van der Waals surface area contributed by atoms with Gasteiger partial charge in [-0.15, -0.1) is 0 Å². The van der Waals surface area contributed by atoms with Gasteiger partial charge in [-0.2, -0.15) is 0 Å². The summed E-state index contributed by atoms with van der Waals surface area (Å²) in [4.78, 5) is 14.3. The smallest absolute Gasteiger partial charge is 0.294 e. The first kappa shape index (κ1) is 11.7. The van der Waals surface area contributed by atoms with Gasteiger partial charge in [0.15, 0.2) is 0 Å². The van der Waals surface area contributed by atoms with Crippen molar-refractivity contribution < 1.29 is 9.66 Å². The summed E-state index contributed by atoms with van der Waals surface area (Å²) < 4.78 is 5.26. The summed E-state index contributed by atoms with van der Waals surface area (Å²) in [6, 6.07) is 1.71. The topological polar surface area (TPSA) is 65.3 Å². The van der Waals surface area contributed by atoms with Gasteiger partial charge in [-0.3, -0.25) is 15.1 Å². The summed E-state index contributed by atoms with van der Waals surface area (Å²) in [5.41, 5.74) is 1.78. The standard InChI is InChI=1S/C12H14N2O3/c1-17-10-4-2-9(3-5-10)11-6-7-13-8-12(11)14(15)16/h2,6-8,10H,3-5H2,1H3. The lowest BCUT2D eigenvalue weighted by atomic mass is 9.92. The number of hydrogen-bond acceptors (Lipinski definition) is 4. The van der Waals surface area contributed by atoms with E-state index in [-0.39, 0.29) is 16.7 Å². The molecule has 0 saturated heterocycles. The van der Waals surface area contributed by atoms with Gasteiger partial charge in [0.05, 0.1) is 16.6 Å². The Bertz CT molecular complexity index is 457. The molecule has 1 aliphatic carbocycles. The maximum atomic E-state index is 10.9. The highest BCUT2D eigenvalue weighted by atomic mass is 16.6. The maximum Gasteiger partial charge on any atom is 0.294 e. The number of aromatic nitrogens is 1. The highest BCUT2D eigenvalue weighted by Gasteiger charge is 2.21. The molecule has 2 rings (SSSR count). The summed E-state index contributed by atoms with van der Waals surface area (Å²) in [5, 5.41) is 10.9. The second kappa shape index (κ2) is 5.05. The average molecular weight is 234 g/mol. The Morgan fingerprint density at radius 3 is 3.00 bits per heavy atom. The fourth-order valence-corrected chi connectivity index (χ4v) is 2.07. The molecular formula is C12H14N2O3. The van der Waals surface area contributed by atoms with E-state index < -0.39 is 0 Å². The molecule has 5 heteroatoms. The fourth-order valence-electron chi connectivity index (χ4n) is 2.07. The number of nitro groups is 1. The quantitative estimate of drug-likeness (QED) is 0.595. The van der Waals surface area contributed by atoms with Crippen LogP contribution in [0.5, 0.6) is 0 Å². The zero-order chi connectivity index (χ0) is 12.3. The lowest BCUT2D eigenvalue weighted by Crippen LogP contribution is -2.13. The normalized spacial score (nSPS) is 19.8. The Balaban J connectivity index is 2.29. The van der Waals surface area contributed by atoms with Gasteiger partial charge in [0.1, 0.15) is 6.20 Å². The van der Waals surface area contributed by atoms with Crippen LogP contribution in [0.3, 0.4) is 0 Å². The Morgan fingerprint density at radius 2 is 2.41 bits per heavy atom. The zero-order valence-corrected chi connectivity index (χ0v) is 9.63.